The first kappa shape index (κ1) is 26.2. The monoisotopic (exact) mass is 544 g/mol. The molecular formula is C27H36N4O4S2. The van der Waals surface area contributed by atoms with E-state index in [1.807, 2.05) is 0 Å². The predicted molar refractivity (Wildman–Crippen MR) is 148 cm³/mol. The lowest BCUT2D eigenvalue weighted by molar-refractivity contribution is 0.147. The largest absolute Gasteiger partial charge is 0.497 e. The van der Waals surface area contributed by atoms with Crippen molar-refractivity contribution >= 4 is 37.5 Å². The summed E-state index contributed by atoms with van der Waals surface area (Å²) in [5.41, 5.74) is 0. The van der Waals surface area contributed by atoms with Gasteiger partial charge in [-0.15, -0.1) is 0 Å². The lowest BCUT2D eigenvalue weighted by Gasteiger charge is -2.40. The summed E-state index contributed by atoms with van der Waals surface area (Å²) >= 11 is 1.57. The molecule has 1 aliphatic heterocycles. The average Bonchev–Trinajstić information content (AvgIpc) is 3.37. The summed E-state index contributed by atoms with van der Waals surface area (Å²) in [6, 6.07) is 13.3. The molecular weight excluding hydrogens is 508 g/mol. The number of hydrogen-bond acceptors (Lipinski definition) is 8. The summed E-state index contributed by atoms with van der Waals surface area (Å²) in [4.78, 5) is 5.07. The Balaban J connectivity index is 1.19. The van der Waals surface area contributed by atoms with Crippen LogP contribution in [-0.2, 0) is 10.0 Å². The van der Waals surface area contributed by atoms with Crippen LogP contribution in [0.25, 0.3) is 10.1 Å². The van der Waals surface area contributed by atoms with Crippen LogP contribution in [0.4, 0.5) is 5.82 Å². The Bertz CT molecular complexity index is 1300. The van der Waals surface area contributed by atoms with Gasteiger partial charge in [0.25, 0.3) is 0 Å². The van der Waals surface area contributed by atoms with Gasteiger partial charge in [0.15, 0.2) is 0 Å². The zero-order valence-electron chi connectivity index (χ0n) is 21.6. The molecule has 1 aliphatic carbocycles. The number of piperazine rings is 1. The summed E-state index contributed by atoms with van der Waals surface area (Å²) in [7, 11) is -0.717. The highest BCUT2D eigenvalue weighted by molar-refractivity contribution is 7.89. The average molecular weight is 545 g/mol. The van der Waals surface area contributed by atoms with Crippen molar-refractivity contribution < 1.29 is 17.9 Å². The quantitative estimate of drug-likeness (QED) is 0.432. The molecule has 0 spiro atoms. The Hall–Kier alpha value is -2.40. The Labute approximate surface area is 223 Å². The first-order valence-electron chi connectivity index (χ1n) is 13.0. The fourth-order valence-electron chi connectivity index (χ4n) is 5.66. The van der Waals surface area contributed by atoms with Gasteiger partial charge in [0.2, 0.25) is 10.0 Å². The highest BCUT2D eigenvalue weighted by Gasteiger charge is 2.31. The fourth-order valence-corrected chi connectivity index (χ4v) is 7.73. The maximum Gasteiger partial charge on any atom is 0.244 e. The van der Waals surface area contributed by atoms with Crippen LogP contribution in [0.3, 0.4) is 0 Å². The molecule has 10 heteroatoms. The van der Waals surface area contributed by atoms with Crippen LogP contribution >= 0.6 is 11.5 Å². The van der Waals surface area contributed by atoms with E-state index in [0.717, 1.165) is 57.8 Å². The summed E-state index contributed by atoms with van der Waals surface area (Å²) in [5, 5.41) is 1.24. The molecule has 1 saturated heterocycles. The Kier molecular flexibility index (Phi) is 8.18. The van der Waals surface area contributed by atoms with Gasteiger partial charge in [0, 0.05) is 50.7 Å². The van der Waals surface area contributed by atoms with Crippen molar-refractivity contribution in [2.24, 2.45) is 11.8 Å². The lowest BCUT2D eigenvalue weighted by Crippen LogP contribution is -2.49. The van der Waals surface area contributed by atoms with E-state index in [1.54, 1.807) is 23.7 Å². The molecule has 3 aromatic rings. The molecule has 200 valence electrons. The van der Waals surface area contributed by atoms with Crippen molar-refractivity contribution in [1.82, 2.24) is 14.0 Å². The molecule has 1 aromatic heterocycles. The minimum atomic E-state index is -3.72. The molecule has 2 aliphatic rings. The minimum absolute atomic E-state index is 0.118. The number of nitrogens with zero attached hydrogens (tertiary/aromatic N) is 3. The molecule has 2 atom stereocenters. The number of anilines is 1. The molecule has 5 rings (SSSR count). The number of nitrogens with one attached hydrogen (secondary N) is 1. The Morgan fingerprint density at radius 2 is 1.76 bits per heavy atom. The van der Waals surface area contributed by atoms with Crippen molar-refractivity contribution in [2.45, 2.75) is 30.6 Å². The number of benzene rings is 2. The van der Waals surface area contributed by atoms with Crippen LogP contribution in [0.2, 0.25) is 0 Å². The molecule has 1 saturated carbocycles. The highest BCUT2D eigenvalue weighted by atomic mass is 32.2. The molecule has 0 radical (unpaired) electrons. The van der Waals surface area contributed by atoms with Crippen LogP contribution in [0.5, 0.6) is 11.5 Å². The third-order valence-electron chi connectivity index (χ3n) is 7.79. The van der Waals surface area contributed by atoms with E-state index in [-0.39, 0.29) is 4.90 Å². The first-order valence-corrected chi connectivity index (χ1v) is 15.3. The van der Waals surface area contributed by atoms with Gasteiger partial charge in [-0.3, -0.25) is 4.90 Å². The minimum Gasteiger partial charge on any atom is -0.497 e. The van der Waals surface area contributed by atoms with Gasteiger partial charge in [-0.25, -0.2) is 13.1 Å². The summed E-state index contributed by atoms with van der Waals surface area (Å²) in [6.07, 6.45) is 4.55. The van der Waals surface area contributed by atoms with Crippen LogP contribution in [-0.4, -0.2) is 71.2 Å². The summed E-state index contributed by atoms with van der Waals surface area (Å²) in [6.45, 7) is 5.39. The number of ether oxygens (including phenoxy) is 2. The first-order chi connectivity index (χ1) is 18.0. The van der Waals surface area contributed by atoms with Crippen LogP contribution in [0.15, 0.2) is 47.4 Å². The zero-order valence-corrected chi connectivity index (χ0v) is 23.2. The van der Waals surface area contributed by atoms with E-state index in [9.17, 15) is 8.42 Å². The topological polar surface area (TPSA) is 84.0 Å². The van der Waals surface area contributed by atoms with E-state index in [0.29, 0.717) is 29.9 Å². The molecule has 0 unspecified atom stereocenters. The van der Waals surface area contributed by atoms with Gasteiger partial charge in [0.05, 0.1) is 18.9 Å². The van der Waals surface area contributed by atoms with E-state index in [4.69, 9.17) is 13.8 Å². The molecule has 0 bridgehead atoms. The van der Waals surface area contributed by atoms with Crippen molar-refractivity contribution in [3.05, 3.63) is 42.5 Å². The highest BCUT2D eigenvalue weighted by Crippen LogP contribution is 2.33. The van der Waals surface area contributed by atoms with Gasteiger partial charge in [-0.05, 0) is 60.5 Å². The molecule has 2 fully saturated rings. The number of sulfonamides is 1. The molecule has 8 nitrogen and oxygen atoms in total. The standard InChI is InChI=1S/C27H36N4O4S2/c1-34-22-11-12-24(35-2)26(17-22)37(32,33)28-18-20-7-3-4-8-21(20)19-30-13-15-31(16-14-30)27-23-9-5-6-10-25(23)36-29-27/h5-6,9-12,17,20-21,28H,3-4,7-8,13-16,18-19H2,1-2H3/t20-,21+/m1/s1. The van der Waals surface area contributed by atoms with Crippen LogP contribution in [0, 0.1) is 11.8 Å². The summed E-state index contributed by atoms with van der Waals surface area (Å²) in [5.74, 6) is 2.72. The maximum absolute atomic E-state index is 13.2. The second-order valence-electron chi connectivity index (χ2n) is 9.96. The van der Waals surface area contributed by atoms with Gasteiger partial charge >= 0.3 is 0 Å². The molecule has 37 heavy (non-hydrogen) atoms. The lowest BCUT2D eigenvalue weighted by atomic mass is 9.79. The third kappa shape index (κ3) is 5.87. The van der Waals surface area contributed by atoms with Crippen LogP contribution < -0.4 is 19.1 Å². The van der Waals surface area contributed by atoms with Gasteiger partial charge in [-0.1, -0.05) is 25.0 Å². The smallest absolute Gasteiger partial charge is 0.244 e. The maximum atomic E-state index is 13.2. The Morgan fingerprint density at radius 3 is 2.51 bits per heavy atom. The number of fused-ring (bicyclic) bond motifs is 1. The van der Waals surface area contributed by atoms with Crippen molar-refractivity contribution in [2.75, 3.05) is 58.4 Å². The van der Waals surface area contributed by atoms with Gasteiger partial charge in [0.1, 0.15) is 22.2 Å². The number of hydrogen-bond donors (Lipinski definition) is 1. The van der Waals surface area contributed by atoms with Crippen LogP contribution in [0.1, 0.15) is 25.7 Å². The van der Waals surface area contributed by atoms with Gasteiger partial charge in [-0.2, -0.15) is 4.37 Å². The van der Waals surface area contributed by atoms with E-state index in [2.05, 4.69) is 38.8 Å². The van der Waals surface area contributed by atoms with Crippen molar-refractivity contribution in [3.63, 3.8) is 0 Å². The fraction of sp³-hybridized carbons (Fsp3) is 0.519. The second kappa shape index (κ2) is 11.6. The van der Waals surface area contributed by atoms with Gasteiger partial charge < -0.3 is 14.4 Å². The zero-order chi connectivity index (χ0) is 25.8. The number of methoxy groups -OCH3 is 2. The molecule has 0 amide bonds. The molecule has 2 aromatic carbocycles. The summed E-state index contributed by atoms with van der Waals surface area (Å²) < 4.78 is 45.8. The third-order valence-corrected chi connectivity index (χ3v) is 10.0. The van der Waals surface area contributed by atoms with E-state index in [1.165, 1.54) is 36.8 Å². The second-order valence-corrected chi connectivity index (χ2v) is 12.5. The molecule has 1 N–H and O–H groups in total. The van der Waals surface area contributed by atoms with Crippen molar-refractivity contribution in [1.29, 1.82) is 0 Å². The number of rotatable bonds is 9. The van der Waals surface area contributed by atoms with Crippen molar-refractivity contribution in [3.8, 4) is 11.5 Å². The number of aromatic nitrogens is 1. The normalized spacial score (nSPS) is 21.3. The van der Waals surface area contributed by atoms with E-state index >= 15 is 0 Å². The molecule has 2 heterocycles. The predicted octanol–water partition coefficient (Wildman–Crippen LogP) is 4.22. The SMILES string of the molecule is COc1ccc(OC)c(S(=O)(=O)NC[C@H]2CCCC[C@H]2CN2CCN(c3nsc4ccccc34)CC2)c1. The van der Waals surface area contributed by atoms with E-state index < -0.39 is 10.0 Å². The Morgan fingerprint density at radius 1 is 1.00 bits per heavy atom.